The van der Waals surface area contributed by atoms with E-state index in [1.165, 1.54) is 44.6 Å². The van der Waals surface area contributed by atoms with Crippen LogP contribution in [0.15, 0.2) is 54.9 Å². The lowest BCUT2D eigenvalue weighted by molar-refractivity contribution is 0.501. The van der Waals surface area contributed by atoms with Crippen LogP contribution in [0.2, 0.25) is 0 Å². The summed E-state index contributed by atoms with van der Waals surface area (Å²) in [5, 5.41) is 0. The van der Waals surface area contributed by atoms with Gasteiger partial charge in [0.05, 0.1) is 5.69 Å². The topological polar surface area (TPSA) is 42.2 Å². The molecule has 1 fully saturated rings. The van der Waals surface area contributed by atoms with E-state index >= 15 is 0 Å². The maximum atomic E-state index is 6.19. The van der Waals surface area contributed by atoms with Gasteiger partial charge in [-0.3, -0.25) is 4.98 Å². The van der Waals surface area contributed by atoms with E-state index in [9.17, 15) is 0 Å². The first-order valence-electron chi connectivity index (χ1n) is 10.2. The molecule has 0 atom stereocenters. The summed E-state index contributed by atoms with van der Waals surface area (Å²) < 4.78 is 0. The Morgan fingerprint density at radius 1 is 0.786 bits per heavy atom. The first-order valence-corrected chi connectivity index (χ1v) is 10.2. The van der Waals surface area contributed by atoms with Crippen molar-refractivity contribution in [2.75, 3.05) is 18.0 Å². The van der Waals surface area contributed by atoms with Crippen LogP contribution in [0, 0.1) is 20.8 Å². The van der Waals surface area contributed by atoms with E-state index in [-0.39, 0.29) is 0 Å². The minimum Gasteiger partial charge on any atom is -0.370 e. The van der Waals surface area contributed by atoms with Gasteiger partial charge in [0, 0.05) is 42.7 Å². The molecule has 0 bridgehead atoms. The summed E-state index contributed by atoms with van der Waals surface area (Å²) in [6.45, 7) is 8.42. The summed E-state index contributed by atoms with van der Waals surface area (Å²) in [6.07, 6.45) is 6.10. The summed E-state index contributed by atoms with van der Waals surface area (Å²) >= 11 is 0. The highest BCUT2D eigenvalue weighted by atomic mass is 15.1. The van der Waals surface area contributed by atoms with Crippen LogP contribution in [0.5, 0.6) is 0 Å². The lowest BCUT2D eigenvalue weighted by Crippen LogP contribution is -2.40. The van der Waals surface area contributed by atoms with Crippen LogP contribution in [-0.4, -0.2) is 24.1 Å². The zero-order valence-corrected chi connectivity index (χ0v) is 17.1. The SMILES string of the molecule is Cc1ccc(-c2cncc(-c3cc(C)cc(C)c3)c2N2CCC(N)CC2)cc1. The summed E-state index contributed by atoms with van der Waals surface area (Å²) in [5.74, 6) is 0. The molecule has 3 heteroatoms. The van der Waals surface area contributed by atoms with E-state index < -0.39 is 0 Å². The van der Waals surface area contributed by atoms with Gasteiger partial charge < -0.3 is 10.6 Å². The third kappa shape index (κ3) is 3.81. The van der Waals surface area contributed by atoms with Gasteiger partial charge in [0.2, 0.25) is 0 Å². The number of nitrogens with zero attached hydrogens (tertiary/aromatic N) is 2. The molecule has 0 saturated carbocycles. The van der Waals surface area contributed by atoms with Crippen molar-refractivity contribution in [1.82, 2.24) is 4.98 Å². The fourth-order valence-corrected chi connectivity index (χ4v) is 4.20. The predicted octanol–water partition coefficient (Wildman–Crippen LogP) is 5.27. The fourth-order valence-electron chi connectivity index (χ4n) is 4.20. The molecular weight excluding hydrogens is 342 g/mol. The number of nitrogens with two attached hydrogens (primary N) is 1. The number of aromatic nitrogens is 1. The molecule has 3 nitrogen and oxygen atoms in total. The zero-order chi connectivity index (χ0) is 19.7. The summed E-state index contributed by atoms with van der Waals surface area (Å²) in [6, 6.07) is 15.8. The number of aryl methyl sites for hydroxylation is 3. The molecule has 1 saturated heterocycles. The molecule has 1 aromatic heterocycles. The molecule has 0 unspecified atom stereocenters. The Morgan fingerprint density at radius 2 is 1.36 bits per heavy atom. The van der Waals surface area contributed by atoms with Gasteiger partial charge in [0.1, 0.15) is 0 Å². The van der Waals surface area contributed by atoms with Gasteiger partial charge in [-0.15, -0.1) is 0 Å². The quantitative estimate of drug-likeness (QED) is 0.682. The molecule has 0 radical (unpaired) electrons. The number of anilines is 1. The van der Waals surface area contributed by atoms with E-state index in [4.69, 9.17) is 5.73 Å². The van der Waals surface area contributed by atoms with Gasteiger partial charge in [-0.2, -0.15) is 0 Å². The van der Waals surface area contributed by atoms with Crippen molar-refractivity contribution in [1.29, 1.82) is 0 Å². The largest absolute Gasteiger partial charge is 0.370 e. The molecular formula is C25H29N3. The molecule has 2 aromatic carbocycles. The Balaban J connectivity index is 1.90. The number of pyridine rings is 1. The second kappa shape index (κ2) is 7.76. The molecule has 144 valence electrons. The van der Waals surface area contributed by atoms with Crippen molar-refractivity contribution >= 4 is 5.69 Å². The van der Waals surface area contributed by atoms with Crippen molar-refractivity contribution in [3.63, 3.8) is 0 Å². The molecule has 0 amide bonds. The van der Waals surface area contributed by atoms with Crippen LogP contribution in [0.1, 0.15) is 29.5 Å². The third-order valence-corrected chi connectivity index (χ3v) is 5.67. The average molecular weight is 372 g/mol. The van der Waals surface area contributed by atoms with Gasteiger partial charge in [0.15, 0.2) is 0 Å². The maximum absolute atomic E-state index is 6.19. The van der Waals surface area contributed by atoms with Gasteiger partial charge in [0.25, 0.3) is 0 Å². The number of rotatable bonds is 3. The smallest absolute Gasteiger partial charge is 0.0556 e. The molecule has 3 aromatic rings. The normalized spacial score (nSPS) is 15.1. The van der Waals surface area contributed by atoms with Gasteiger partial charge >= 0.3 is 0 Å². The lowest BCUT2D eigenvalue weighted by Gasteiger charge is -2.35. The second-order valence-electron chi connectivity index (χ2n) is 8.15. The highest BCUT2D eigenvalue weighted by Crippen LogP contribution is 2.40. The number of benzene rings is 2. The van der Waals surface area contributed by atoms with Crippen molar-refractivity contribution in [3.8, 4) is 22.3 Å². The molecule has 2 N–H and O–H groups in total. The summed E-state index contributed by atoms with van der Waals surface area (Å²) in [4.78, 5) is 7.15. The standard InChI is InChI=1S/C25H29N3/c1-17-4-6-20(7-5-17)23-15-27-16-24(21-13-18(2)12-19(3)14-21)25(23)28-10-8-22(26)9-11-28/h4-7,12-16,22H,8-11,26H2,1-3H3. The predicted molar refractivity (Wildman–Crippen MR) is 119 cm³/mol. The number of hydrogen-bond donors (Lipinski definition) is 1. The first kappa shape index (κ1) is 18.7. The van der Waals surface area contributed by atoms with E-state index in [0.29, 0.717) is 6.04 Å². The Labute approximate surface area is 168 Å². The van der Waals surface area contributed by atoms with Crippen LogP contribution in [0.4, 0.5) is 5.69 Å². The average Bonchev–Trinajstić information content (AvgIpc) is 2.68. The molecule has 1 aliphatic heterocycles. The highest BCUT2D eigenvalue weighted by molar-refractivity contribution is 5.90. The second-order valence-corrected chi connectivity index (χ2v) is 8.15. The monoisotopic (exact) mass is 371 g/mol. The molecule has 0 aliphatic carbocycles. The van der Waals surface area contributed by atoms with Crippen molar-refractivity contribution in [2.45, 2.75) is 39.7 Å². The fraction of sp³-hybridized carbons (Fsp3) is 0.320. The Hall–Kier alpha value is -2.65. The van der Waals surface area contributed by atoms with Gasteiger partial charge in [-0.1, -0.05) is 59.2 Å². The minimum absolute atomic E-state index is 0.311. The maximum Gasteiger partial charge on any atom is 0.0556 e. The van der Waals surface area contributed by atoms with E-state index in [1.54, 1.807) is 0 Å². The van der Waals surface area contributed by atoms with Gasteiger partial charge in [-0.05, 0) is 44.7 Å². The molecule has 4 rings (SSSR count). The van der Waals surface area contributed by atoms with E-state index in [0.717, 1.165) is 25.9 Å². The minimum atomic E-state index is 0.311. The van der Waals surface area contributed by atoms with E-state index in [1.807, 2.05) is 12.4 Å². The van der Waals surface area contributed by atoms with Crippen molar-refractivity contribution < 1.29 is 0 Å². The Morgan fingerprint density at radius 3 is 1.96 bits per heavy atom. The number of piperidine rings is 1. The van der Waals surface area contributed by atoms with Crippen LogP contribution < -0.4 is 10.6 Å². The van der Waals surface area contributed by atoms with Crippen LogP contribution in [0.25, 0.3) is 22.3 Å². The third-order valence-electron chi connectivity index (χ3n) is 5.67. The highest BCUT2D eigenvalue weighted by Gasteiger charge is 2.23. The molecule has 2 heterocycles. The summed E-state index contributed by atoms with van der Waals surface area (Å²) in [7, 11) is 0. The van der Waals surface area contributed by atoms with E-state index in [2.05, 4.69) is 73.1 Å². The van der Waals surface area contributed by atoms with Crippen molar-refractivity contribution in [2.24, 2.45) is 5.73 Å². The van der Waals surface area contributed by atoms with Crippen LogP contribution in [-0.2, 0) is 0 Å². The zero-order valence-electron chi connectivity index (χ0n) is 17.1. The molecule has 28 heavy (non-hydrogen) atoms. The number of hydrogen-bond acceptors (Lipinski definition) is 3. The Kier molecular flexibility index (Phi) is 5.19. The lowest BCUT2D eigenvalue weighted by atomic mass is 9.94. The van der Waals surface area contributed by atoms with Crippen LogP contribution in [0.3, 0.4) is 0 Å². The first-order chi connectivity index (χ1) is 13.5. The molecule has 1 aliphatic rings. The van der Waals surface area contributed by atoms with Gasteiger partial charge in [-0.25, -0.2) is 0 Å². The van der Waals surface area contributed by atoms with Crippen LogP contribution >= 0.6 is 0 Å². The summed E-state index contributed by atoms with van der Waals surface area (Å²) in [5.41, 5.74) is 16.2. The van der Waals surface area contributed by atoms with Crippen molar-refractivity contribution in [3.05, 3.63) is 71.5 Å². The Bertz CT molecular complexity index is 947. The molecule has 0 spiro atoms.